The lowest BCUT2D eigenvalue weighted by Crippen LogP contribution is -2.36. The predicted octanol–water partition coefficient (Wildman–Crippen LogP) is 28.5. The predicted molar refractivity (Wildman–Crippen MR) is 458 cm³/mol. The molecule has 12 heteroatoms. The number of fused-ring (bicyclic) bond motifs is 8. The molecule has 0 radical (unpaired) electrons. The summed E-state index contributed by atoms with van der Waals surface area (Å²) in [5, 5.41) is 0. The summed E-state index contributed by atoms with van der Waals surface area (Å²) in [5.41, 5.74) is 2.53. The van der Waals surface area contributed by atoms with Gasteiger partial charge in [0.05, 0.1) is 22.7 Å². The number of aryl methyl sites for hydroxylation is 2. The second kappa shape index (κ2) is 27.8. The van der Waals surface area contributed by atoms with Crippen LogP contribution in [0.15, 0.2) is 262 Å². The van der Waals surface area contributed by atoms with Crippen LogP contribution in [0.1, 0.15) is 136 Å². The molecule has 16 rings (SSSR count). The molecule has 536 valence electrons. The Labute approximate surface area is 671 Å². The highest BCUT2D eigenvalue weighted by molar-refractivity contribution is 8.58. The molecule has 106 heavy (non-hydrogen) atoms. The summed E-state index contributed by atoms with van der Waals surface area (Å²) in [5.74, 6) is 0.597. The van der Waals surface area contributed by atoms with Crippen molar-refractivity contribution in [3.63, 3.8) is 0 Å². The van der Waals surface area contributed by atoms with Crippen molar-refractivity contribution in [1.29, 1.82) is 0 Å². The summed E-state index contributed by atoms with van der Waals surface area (Å²) in [6, 6.07) is 73.9. The minimum absolute atomic E-state index is 0.0786. The van der Waals surface area contributed by atoms with Gasteiger partial charge in [-0.25, -0.2) is 0 Å². The quantitative estimate of drug-likeness (QED) is 0.150. The zero-order valence-corrected chi connectivity index (χ0v) is 66.5. The third-order valence-corrected chi connectivity index (χ3v) is 35.6. The second-order valence-corrected chi connectivity index (χ2v) is 54.2. The average Bonchev–Trinajstić information content (AvgIpc) is 0.726. The zero-order valence-electron chi connectivity index (χ0n) is 79.3. The average molecular weight is 1520 g/mol. The second-order valence-electron chi connectivity index (χ2n) is 29.8. The Hall–Kier alpha value is -8.73. The van der Waals surface area contributed by atoms with Gasteiger partial charge in [-0.3, -0.25) is 0 Å². The van der Waals surface area contributed by atoms with Crippen molar-refractivity contribution in [2.45, 2.75) is 165 Å². The number of anilines is 6. The molecule has 0 fully saturated rings. The van der Waals surface area contributed by atoms with Crippen molar-refractivity contribution >= 4 is 91.7 Å². The first-order valence-corrected chi connectivity index (χ1v) is 47.5. The number of hydrogen-bond acceptors (Lipinski definition) is 10. The van der Waals surface area contributed by atoms with Crippen molar-refractivity contribution in [3.05, 3.63) is 298 Å². The summed E-state index contributed by atoms with van der Waals surface area (Å²) in [4.78, 5) is 8.46. The Balaban J connectivity index is 0.000000195. The van der Waals surface area contributed by atoms with E-state index in [9.17, 15) is 8.22 Å². The van der Waals surface area contributed by atoms with Crippen LogP contribution in [-0.4, -0.2) is 12.7 Å². The summed E-state index contributed by atoms with van der Waals surface area (Å²) in [7, 11) is 0. The van der Waals surface area contributed by atoms with Gasteiger partial charge in [-0.1, -0.05) is 196 Å². The zero-order chi connectivity index (χ0) is 89.6. The van der Waals surface area contributed by atoms with E-state index in [1.165, 1.54) is 24.3 Å². The molecule has 0 amide bonds. The van der Waals surface area contributed by atoms with Crippen LogP contribution in [0.25, 0.3) is 44.5 Å². The molecule has 4 aliphatic rings. The maximum absolute atomic E-state index is 9.22. The van der Waals surface area contributed by atoms with Crippen LogP contribution in [0.5, 0.6) is 23.0 Å². The molecule has 0 aliphatic carbocycles. The summed E-state index contributed by atoms with van der Waals surface area (Å²) >= 11 is 7.51. The number of ether oxygens (including phenoxy) is 4. The van der Waals surface area contributed by atoms with Gasteiger partial charge in [0.1, 0.15) is 22.4 Å². The topological polar surface area (TPSA) is 43.4 Å². The molecule has 0 N–H and O–H groups in total. The van der Waals surface area contributed by atoms with Crippen molar-refractivity contribution in [2.75, 3.05) is 9.80 Å². The van der Waals surface area contributed by atoms with E-state index in [1.807, 2.05) is 222 Å². The molecular formula is C94H94N2O4S4Si2. The highest BCUT2D eigenvalue weighted by Gasteiger charge is 2.42. The van der Waals surface area contributed by atoms with E-state index in [2.05, 4.69) is 84.5 Å². The first-order valence-electron chi connectivity index (χ1n) is 44.4. The number of para-hydroxylation sites is 6. The Morgan fingerprint density at radius 2 is 0.547 bits per heavy atom. The Bertz CT molecular complexity index is 5720. The van der Waals surface area contributed by atoms with Crippen LogP contribution in [0, 0.1) is 41.1 Å². The molecule has 0 unspecified atom stereocenters. The van der Waals surface area contributed by atoms with E-state index >= 15 is 0 Å². The fraction of sp³-hybridized carbons (Fsp3) is 0.234. The van der Waals surface area contributed by atoms with Crippen LogP contribution in [0.4, 0.5) is 34.1 Å². The van der Waals surface area contributed by atoms with Gasteiger partial charge < -0.3 is 28.7 Å². The van der Waals surface area contributed by atoms with Crippen LogP contribution < -0.4 is 28.7 Å². The molecule has 0 saturated carbocycles. The van der Waals surface area contributed by atoms with E-state index in [4.69, 9.17) is 35.4 Å². The number of nitrogens with zero attached hydrogens (tertiary/aromatic N) is 2. The van der Waals surface area contributed by atoms with Crippen molar-refractivity contribution in [1.82, 2.24) is 0 Å². The van der Waals surface area contributed by atoms with Gasteiger partial charge in [-0.15, -0.1) is 44.8 Å². The van der Waals surface area contributed by atoms with Gasteiger partial charge >= 0.3 is 0 Å². The normalized spacial score (nSPS) is 19.8. The lowest BCUT2D eigenvalue weighted by molar-refractivity contribution is 0.0516. The number of benzene rings is 12. The maximum Gasteiger partial charge on any atom is 0.182 e. The van der Waals surface area contributed by atoms with E-state index < -0.39 is 87.4 Å². The van der Waals surface area contributed by atoms with Crippen LogP contribution in [0.3, 0.4) is 0 Å². The highest BCUT2D eigenvalue weighted by Crippen LogP contribution is 2.59. The SMILES string of the molecule is [2H]C([2H])([2H])c1c(-c2cccc(N3c4ccccc4S[Si](C)(C)Sc4ccccc43)c2C([2H])([2H])[2H])cccc1N1c2ccccc2S[Si](C)(C)Sc2ccccc21.[2H]C([2H])([2H])c1ccc(-c2ccc(C([2H])([2H])[2H])c(-c3cccc4c3OC(C)(C)c3ccccc3C(C)(C)O4)c2C([2H])([2H])[2H])c(C([2H])([2H])[2H])c1-c1cccc2c1OC(C)(C)c1ccccc1C(C)(C)O2. The molecule has 12 aromatic rings. The lowest BCUT2D eigenvalue weighted by atomic mass is 9.83. The summed E-state index contributed by atoms with van der Waals surface area (Å²) < 4.78 is 190. The van der Waals surface area contributed by atoms with Crippen molar-refractivity contribution in [3.8, 4) is 67.5 Å². The molecule has 4 aliphatic heterocycles. The highest BCUT2D eigenvalue weighted by atomic mass is 32.6. The fourth-order valence-corrected chi connectivity index (χ4v) is 31.6. The minimum atomic E-state index is -3.12. The monoisotopic (exact) mass is 1520 g/mol. The largest absolute Gasteiger partial charge is 0.479 e. The van der Waals surface area contributed by atoms with Gasteiger partial charge in [0.25, 0.3) is 0 Å². The van der Waals surface area contributed by atoms with E-state index in [0.29, 0.717) is 22.5 Å². The van der Waals surface area contributed by atoms with Gasteiger partial charge in [-0.05, 0) is 236 Å². The molecule has 4 heterocycles. The number of hydrogen-bond donors (Lipinski definition) is 0. The van der Waals surface area contributed by atoms with Crippen molar-refractivity contribution in [2.24, 2.45) is 0 Å². The van der Waals surface area contributed by atoms with E-state index in [-0.39, 0.29) is 78.6 Å². The summed E-state index contributed by atoms with van der Waals surface area (Å²) in [6.07, 6.45) is -3.82. The molecule has 0 atom stereocenters. The van der Waals surface area contributed by atoms with Gasteiger partial charge in [-0.2, -0.15) is 0 Å². The van der Waals surface area contributed by atoms with Crippen LogP contribution in [0.2, 0.25) is 26.2 Å². The molecule has 0 bridgehead atoms. The Kier molecular flexibility index (Phi) is 14.2. The third-order valence-electron chi connectivity index (χ3n) is 19.8. The molecule has 0 aromatic heterocycles. The third kappa shape index (κ3) is 13.4. The maximum atomic E-state index is 9.22. The van der Waals surface area contributed by atoms with Gasteiger partial charge in [0, 0.05) is 89.0 Å². The standard InChI is InChI=1S/C52H54O4.C42H40N2S4Si2/c1-31-27-29-35(33(3)45(31)37-19-17-25-43-47(37)55-51(9,10)41-23-15-13-21-39(41)49(5,6)53-43)36-30-28-32(2)46(34(36)4)38-20-18-26-44-48(38)56-52(11,12)42-24-16-14-22-40(42)50(7,8)54-44;1-29-31(17-15-23-33(29)43-35-19-7-11-25-39(35)45-49(3,4)46-40-26-12-8-20-36(40)43)32-18-16-24-34(30(32)2)44-37-21-9-13-27-41(37)47-50(5,6)48-42-28-14-10-22-38(42)44/h13-30H,1-12H3;7-28H,1-6H3/i1D3,2D3,3D3,4D3;1D3,2D3. The molecule has 0 spiro atoms. The first kappa shape index (κ1) is 53.9. The van der Waals surface area contributed by atoms with Gasteiger partial charge in [0.2, 0.25) is 0 Å². The molecule has 6 nitrogen and oxygen atoms in total. The Morgan fingerprint density at radius 1 is 0.274 bits per heavy atom. The van der Waals surface area contributed by atoms with E-state index in [1.54, 1.807) is 48.5 Å². The van der Waals surface area contributed by atoms with Gasteiger partial charge in [0.15, 0.2) is 35.7 Å². The first-order chi connectivity index (χ1) is 57.8. The summed E-state index contributed by atoms with van der Waals surface area (Å²) in [6.45, 7) is 7.12. The molecular weight excluding hydrogens is 1410 g/mol. The molecule has 0 saturated heterocycles. The van der Waals surface area contributed by atoms with Crippen molar-refractivity contribution < 1.29 is 43.6 Å². The number of rotatable bonds is 6. The fourth-order valence-electron chi connectivity index (χ4n) is 15.1. The minimum Gasteiger partial charge on any atom is -0.479 e. The van der Waals surface area contributed by atoms with Crippen LogP contribution >= 0.6 is 44.8 Å². The smallest absolute Gasteiger partial charge is 0.182 e. The Morgan fingerprint density at radius 3 is 0.868 bits per heavy atom. The van der Waals surface area contributed by atoms with Crippen LogP contribution in [-0.2, 0) is 22.4 Å². The van der Waals surface area contributed by atoms with E-state index in [0.717, 1.165) is 64.6 Å². The molecule has 12 aromatic carbocycles. The lowest BCUT2D eigenvalue weighted by Gasteiger charge is -2.39.